The van der Waals surface area contributed by atoms with Gasteiger partial charge in [0.15, 0.2) is 0 Å². The van der Waals surface area contributed by atoms with Crippen LogP contribution in [0.25, 0.3) is 11.3 Å². The zero-order chi connectivity index (χ0) is 22.4. The van der Waals surface area contributed by atoms with E-state index < -0.39 is 21.8 Å². The first-order chi connectivity index (χ1) is 14.5. The number of benzene rings is 1. The zero-order valence-electron chi connectivity index (χ0n) is 17.4. The number of rotatable bonds is 5. The summed E-state index contributed by atoms with van der Waals surface area (Å²) in [5.74, 6) is 1.16. The van der Waals surface area contributed by atoms with Crippen molar-refractivity contribution in [2.24, 2.45) is 5.92 Å². The second-order valence-corrected chi connectivity index (χ2v) is 10.3. The molecule has 1 aromatic heterocycles. The molecule has 3 aliphatic rings. The molecule has 0 radical (unpaired) electrons. The van der Waals surface area contributed by atoms with Gasteiger partial charge in [0.2, 0.25) is 10.0 Å². The minimum Gasteiger partial charge on any atom is -0.298 e. The lowest BCUT2D eigenvalue weighted by molar-refractivity contribution is -0.137. The molecule has 1 aromatic carbocycles. The lowest BCUT2D eigenvalue weighted by atomic mass is 9.74. The van der Waals surface area contributed by atoms with Crippen LogP contribution in [0, 0.1) is 12.8 Å². The van der Waals surface area contributed by atoms with Gasteiger partial charge in [-0.1, -0.05) is 12.1 Å². The zero-order valence-corrected chi connectivity index (χ0v) is 18.2. The molecule has 4 atom stereocenters. The Balaban J connectivity index is 1.54. The van der Waals surface area contributed by atoms with Gasteiger partial charge >= 0.3 is 6.18 Å². The maximum absolute atomic E-state index is 12.9. The van der Waals surface area contributed by atoms with Gasteiger partial charge in [0.25, 0.3) is 0 Å². The quantitative estimate of drug-likeness (QED) is 0.751. The summed E-state index contributed by atoms with van der Waals surface area (Å²) in [6, 6.07) is 7.07. The fourth-order valence-corrected chi connectivity index (χ4v) is 5.19. The average Bonchev–Trinajstić information content (AvgIpc) is 2.71. The lowest BCUT2D eigenvalue weighted by Crippen LogP contribution is -2.56. The number of nitrogens with zero attached hydrogens (tertiary/aromatic N) is 3. The van der Waals surface area contributed by atoms with E-state index in [1.165, 1.54) is 18.4 Å². The Morgan fingerprint density at radius 1 is 1.19 bits per heavy atom. The van der Waals surface area contributed by atoms with Crippen LogP contribution in [0.4, 0.5) is 13.2 Å². The number of halogens is 3. The van der Waals surface area contributed by atoms with E-state index in [9.17, 15) is 21.6 Å². The molecule has 3 aliphatic heterocycles. The van der Waals surface area contributed by atoms with E-state index in [4.69, 9.17) is 0 Å². The topological polar surface area (TPSA) is 75.2 Å². The third-order valence-electron chi connectivity index (χ3n) is 6.21. The predicted octanol–water partition coefficient (Wildman–Crippen LogP) is 3.20. The highest BCUT2D eigenvalue weighted by atomic mass is 32.2. The van der Waals surface area contributed by atoms with Gasteiger partial charge in [0.05, 0.1) is 17.5 Å². The number of hydrogen-bond donors (Lipinski definition) is 1. The standard InChI is InChI=1S/C21H25F3N4O2S/c1-13-26-19(14-3-5-16(6-4-14)21(22,23)24)10-20(27-13)18-12-28-8-7-15(18)9-17(28)11-25-31(2,29)30/h3-6,10,15,17-18,25H,7-9,11-12H2,1-2H3. The minimum atomic E-state index is -4.37. The Bertz CT molecular complexity index is 1060. The molecular formula is C21H25F3N4O2S. The molecule has 0 aliphatic carbocycles. The van der Waals surface area contributed by atoms with E-state index in [1.807, 2.05) is 6.07 Å². The molecule has 3 fully saturated rings. The highest BCUT2D eigenvalue weighted by molar-refractivity contribution is 7.88. The number of nitrogens with one attached hydrogen (secondary N) is 1. The Morgan fingerprint density at radius 3 is 2.48 bits per heavy atom. The van der Waals surface area contributed by atoms with Crippen LogP contribution in [-0.4, -0.2) is 55.2 Å². The SMILES string of the molecule is Cc1nc(-c2ccc(C(F)(F)F)cc2)cc(C2CN3CCC2CC3CNS(C)(=O)=O)n1. The first-order valence-corrected chi connectivity index (χ1v) is 12.1. The van der Waals surface area contributed by atoms with Crippen LogP contribution in [0.5, 0.6) is 0 Å². The molecule has 5 rings (SSSR count). The molecule has 4 heterocycles. The Hall–Kier alpha value is -2.04. The molecule has 0 amide bonds. The van der Waals surface area contributed by atoms with Crippen LogP contribution in [-0.2, 0) is 16.2 Å². The highest BCUT2D eigenvalue weighted by Crippen LogP contribution is 2.41. The number of alkyl halides is 3. The van der Waals surface area contributed by atoms with E-state index in [1.54, 1.807) is 6.92 Å². The molecular weight excluding hydrogens is 429 g/mol. The summed E-state index contributed by atoms with van der Waals surface area (Å²) in [4.78, 5) is 11.4. The third kappa shape index (κ3) is 5.07. The van der Waals surface area contributed by atoms with Crippen LogP contribution < -0.4 is 4.72 Å². The van der Waals surface area contributed by atoms with Crippen molar-refractivity contribution in [2.75, 3.05) is 25.9 Å². The van der Waals surface area contributed by atoms with Gasteiger partial charge in [0.1, 0.15) is 5.82 Å². The molecule has 3 saturated heterocycles. The molecule has 2 aromatic rings. The fraction of sp³-hybridized carbons (Fsp3) is 0.524. The second-order valence-electron chi connectivity index (χ2n) is 8.46. The maximum atomic E-state index is 12.9. The van der Waals surface area contributed by atoms with E-state index in [0.717, 1.165) is 43.8 Å². The van der Waals surface area contributed by atoms with Crippen molar-refractivity contribution in [2.45, 2.75) is 37.9 Å². The molecule has 1 N–H and O–H groups in total. The van der Waals surface area contributed by atoms with Gasteiger partial charge in [0, 0.05) is 36.3 Å². The van der Waals surface area contributed by atoms with Crippen LogP contribution in [0.2, 0.25) is 0 Å². The van der Waals surface area contributed by atoms with Crippen molar-refractivity contribution in [3.8, 4) is 11.3 Å². The third-order valence-corrected chi connectivity index (χ3v) is 6.90. The molecule has 168 valence electrons. The summed E-state index contributed by atoms with van der Waals surface area (Å²) in [5, 5.41) is 0. The van der Waals surface area contributed by atoms with E-state index in [2.05, 4.69) is 19.6 Å². The molecule has 4 unspecified atom stereocenters. The smallest absolute Gasteiger partial charge is 0.298 e. The maximum Gasteiger partial charge on any atom is 0.416 e. The summed E-state index contributed by atoms with van der Waals surface area (Å²) < 4.78 is 64.1. The minimum absolute atomic E-state index is 0.169. The fourth-order valence-electron chi connectivity index (χ4n) is 4.69. The Morgan fingerprint density at radius 2 is 1.90 bits per heavy atom. The summed E-state index contributed by atoms with van der Waals surface area (Å²) in [7, 11) is -3.23. The van der Waals surface area contributed by atoms with Gasteiger partial charge in [-0.15, -0.1) is 0 Å². The molecule has 0 spiro atoms. The van der Waals surface area contributed by atoms with Crippen LogP contribution in [0.15, 0.2) is 30.3 Å². The first-order valence-electron chi connectivity index (χ1n) is 10.2. The first kappa shape index (κ1) is 22.2. The van der Waals surface area contributed by atoms with Crippen molar-refractivity contribution in [3.63, 3.8) is 0 Å². The summed E-state index contributed by atoms with van der Waals surface area (Å²) in [6.45, 7) is 3.90. The Labute approximate surface area is 179 Å². The molecule has 2 bridgehead atoms. The molecule has 10 heteroatoms. The van der Waals surface area contributed by atoms with Crippen molar-refractivity contribution in [3.05, 3.63) is 47.4 Å². The van der Waals surface area contributed by atoms with Gasteiger partial charge in [-0.25, -0.2) is 23.1 Å². The van der Waals surface area contributed by atoms with Crippen LogP contribution >= 0.6 is 0 Å². The summed E-state index contributed by atoms with van der Waals surface area (Å²) in [6.07, 6.45) is -1.31. The number of hydrogen-bond acceptors (Lipinski definition) is 5. The lowest BCUT2D eigenvalue weighted by Gasteiger charge is -2.49. The second kappa shape index (κ2) is 8.14. The normalized spacial score (nSPS) is 26.2. The van der Waals surface area contributed by atoms with Crippen molar-refractivity contribution in [1.29, 1.82) is 0 Å². The van der Waals surface area contributed by atoms with Crippen molar-refractivity contribution >= 4 is 10.0 Å². The largest absolute Gasteiger partial charge is 0.416 e. The van der Waals surface area contributed by atoms with E-state index >= 15 is 0 Å². The molecule has 31 heavy (non-hydrogen) atoms. The molecule has 6 nitrogen and oxygen atoms in total. The van der Waals surface area contributed by atoms with Crippen molar-refractivity contribution < 1.29 is 21.6 Å². The highest BCUT2D eigenvalue weighted by Gasteiger charge is 2.41. The molecule has 0 saturated carbocycles. The average molecular weight is 455 g/mol. The van der Waals surface area contributed by atoms with Crippen LogP contribution in [0.3, 0.4) is 0 Å². The predicted molar refractivity (Wildman–Crippen MR) is 111 cm³/mol. The summed E-state index contributed by atoms with van der Waals surface area (Å²) >= 11 is 0. The van der Waals surface area contributed by atoms with Gasteiger partial charge in [-0.3, -0.25) is 4.90 Å². The number of aryl methyl sites for hydroxylation is 1. The number of sulfonamides is 1. The van der Waals surface area contributed by atoms with Crippen LogP contribution in [0.1, 0.15) is 35.8 Å². The van der Waals surface area contributed by atoms with Gasteiger partial charge < -0.3 is 0 Å². The number of piperidine rings is 3. The number of fused-ring (bicyclic) bond motifs is 3. The van der Waals surface area contributed by atoms with Gasteiger partial charge in [-0.2, -0.15) is 13.2 Å². The van der Waals surface area contributed by atoms with Gasteiger partial charge in [-0.05, 0) is 50.4 Å². The Kier molecular flexibility index (Phi) is 5.82. The van der Waals surface area contributed by atoms with E-state index in [0.29, 0.717) is 29.5 Å². The summed E-state index contributed by atoms with van der Waals surface area (Å²) in [5.41, 5.74) is 1.44. The van der Waals surface area contributed by atoms with E-state index in [-0.39, 0.29) is 12.0 Å². The monoisotopic (exact) mass is 454 g/mol. The van der Waals surface area contributed by atoms with Crippen molar-refractivity contribution in [1.82, 2.24) is 19.6 Å². The number of aromatic nitrogens is 2.